The predicted octanol–water partition coefficient (Wildman–Crippen LogP) is 6.25. The molecule has 7 heteroatoms. The summed E-state index contributed by atoms with van der Waals surface area (Å²) in [6.45, 7) is 1.85. The van der Waals surface area contributed by atoms with E-state index in [1.807, 2.05) is 13.0 Å². The Bertz CT molecular complexity index is 610. The van der Waals surface area contributed by atoms with Crippen LogP contribution in [0.2, 0.25) is 9.36 Å². The highest BCUT2D eigenvalue weighted by atomic mass is 35.5. The normalized spacial score (nSPS) is 13.3. The maximum Gasteiger partial charge on any atom is 0.417 e. The Labute approximate surface area is 128 Å². The van der Waals surface area contributed by atoms with E-state index < -0.39 is 11.7 Å². The van der Waals surface area contributed by atoms with Crippen molar-refractivity contribution in [1.82, 2.24) is 0 Å². The van der Waals surface area contributed by atoms with E-state index in [1.165, 1.54) is 23.5 Å². The van der Waals surface area contributed by atoms with E-state index in [0.29, 0.717) is 10.0 Å². The van der Waals surface area contributed by atoms with Crippen molar-refractivity contribution in [1.29, 1.82) is 0 Å². The summed E-state index contributed by atoms with van der Waals surface area (Å²) in [6, 6.07) is 7.21. The molecule has 0 aliphatic rings. The zero-order valence-corrected chi connectivity index (χ0v) is 12.6. The van der Waals surface area contributed by atoms with Crippen LogP contribution in [0.1, 0.15) is 23.4 Å². The average Bonchev–Trinajstić information content (AvgIpc) is 2.77. The fourth-order valence-corrected chi connectivity index (χ4v) is 3.00. The monoisotopic (exact) mass is 339 g/mol. The average molecular weight is 340 g/mol. The molecule has 108 valence electrons. The second-order valence-corrected chi connectivity index (χ2v) is 6.35. The van der Waals surface area contributed by atoms with Crippen molar-refractivity contribution in [3.63, 3.8) is 0 Å². The molecule has 1 atom stereocenters. The molecule has 0 spiro atoms. The second kappa shape index (κ2) is 5.84. The van der Waals surface area contributed by atoms with Crippen LogP contribution in [0.3, 0.4) is 0 Å². The Kier molecular flexibility index (Phi) is 4.52. The van der Waals surface area contributed by atoms with Crippen LogP contribution < -0.4 is 5.32 Å². The lowest BCUT2D eigenvalue weighted by Gasteiger charge is -2.16. The molecule has 1 aromatic heterocycles. The smallest absolute Gasteiger partial charge is 0.378 e. The van der Waals surface area contributed by atoms with Gasteiger partial charge in [0.05, 0.1) is 21.0 Å². The van der Waals surface area contributed by atoms with Gasteiger partial charge in [-0.1, -0.05) is 23.2 Å². The van der Waals surface area contributed by atoms with Crippen LogP contribution in [0.15, 0.2) is 30.3 Å². The number of thiophene rings is 1. The van der Waals surface area contributed by atoms with Crippen molar-refractivity contribution < 1.29 is 13.2 Å². The fourth-order valence-electron chi connectivity index (χ4n) is 1.71. The minimum atomic E-state index is -4.47. The summed E-state index contributed by atoms with van der Waals surface area (Å²) in [5, 5.41) is 2.69. The molecule has 0 saturated heterocycles. The van der Waals surface area contributed by atoms with Crippen molar-refractivity contribution in [2.75, 3.05) is 5.32 Å². The molecule has 0 bridgehead atoms. The highest BCUT2D eigenvalue weighted by Crippen LogP contribution is 2.37. The van der Waals surface area contributed by atoms with E-state index in [1.54, 1.807) is 6.07 Å². The summed E-state index contributed by atoms with van der Waals surface area (Å²) >= 11 is 12.8. The summed E-state index contributed by atoms with van der Waals surface area (Å²) in [5.74, 6) is 0. The molecule has 0 amide bonds. The summed E-state index contributed by atoms with van der Waals surface area (Å²) in [6.07, 6.45) is -4.47. The van der Waals surface area contributed by atoms with Gasteiger partial charge in [-0.25, -0.2) is 0 Å². The van der Waals surface area contributed by atoms with E-state index in [4.69, 9.17) is 23.2 Å². The number of benzene rings is 1. The number of anilines is 1. The topological polar surface area (TPSA) is 12.0 Å². The molecule has 0 fully saturated rings. The van der Waals surface area contributed by atoms with Crippen molar-refractivity contribution in [2.24, 2.45) is 0 Å². The first-order chi connectivity index (χ1) is 9.27. The largest absolute Gasteiger partial charge is 0.417 e. The van der Waals surface area contributed by atoms with Gasteiger partial charge < -0.3 is 5.32 Å². The van der Waals surface area contributed by atoms with E-state index >= 15 is 0 Å². The molecule has 1 heterocycles. The Morgan fingerprint density at radius 1 is 1.15 bits per heavy atom. The second-order valence-electron chi connectivity index (χ2n) is 4.20. The zero-order valence-electron chi connectivity index (χ0n) is 10.3. The number of hydrogen-bond donors (Lipinski definition) is 1. The Balaban J connectivity index is 2.22. The predicted molar refractivity (Wildman–Crippen MR) is 77.8 cm³/mol. The number of hydrogen-bond acceptors (Lipinski definition) is 2. The van der Waals surface area contributed by atoms with E-state index in [-0.39, 0.29) is 11.1 Å². The molecular formula is C13H10Cl2F3NS. The third-order valence-electron chi connectivity index (χ3n) is 2.68. The first-order valence-corrected chi connectivity index (χ1v) is 7.23. The SMILES string of the molecule is CC(Nc1ccc(Cl)c(C(F)(F)F)c1)c1ccc(Cl)s1. The van der Waals surface area contributed by atoms with Gasteiger partial charge in [0, 0.05) is 10.6 Å². The fraction of sp³-hybridized carbons (Fsp3) is 0.231. The van der Waals surface area contributed by atoms with Crippen LogP contribution in [0.4, 0.5) is 18.9 Å². The van der Waals surface area contributed by atoms with E-state index in [0.717, 1.165) is 10.9 Å². The van der Waals surface area contributed by atoms with Gasteiger partial charge in [0.2, 0.25) is 0 Å². The summed E-state index contributed by atoms with van der Waals surface area (Å²) in [4.78, 5) is 0.943. The standard InChI is InChI=1S/C13H10Cl2F3NS/c1-7(11-4-5-12(15)20-11)19-8-2-3-10(14)9(6-8)13(16,17)18/h2-7,19H,1H3. The van der Waals surface area contributed by atoms with Crippen molar-refractivity contribution in [2.45, 2.75) is 19.1 Å². The molecule has 1 unspecified atom stereocenters. The van der Waals surface area contributed by atoms with Gasteiger partial charge in [0.15, 0.2) is 0 Å². The number of rotatable bonds is 3. The van der Waals surface area contributed by atoms with Gasteiger partial charge in [-0.05, 0) is 37.3 Å². The molecular weight excluding hydrogens is 330 g/mol. The molecule has 1 aromatic carbocycles. The highest BCUT2D eigenvalue weighted by Gasteiger charge is 2.33. The van der Waals surface area contributed by atoms with Gasteiger partial charge in [-0.15, -0.1) is 11.3 Å². The molecule has 2 rings (SSSR count). The van der Waals surface area contributed by atoms with Crippen molar-refractivity contribution >= 4 is 40.2 Å². The van der Waals surface area contributed by atoms with Crippen LogP contribution in [-0.4, -0.2) is 0 Å². The van der Waals surface area contributed by atoms with Crippen molar-refractivity contribution in [3.05, 3.63) is 50.1 Å². The molecule has 0 radical (unpaired) electrons. The van der Waals surface area contributed by atoms with Crippen LogP contribution in [0, 0.1) is 0 Å². The third kappa shape index (κ3) is 3.59. The first-order valence-electron chi connectivity index (χ1n) is 5.66. The molecule has 0 saturated carbocycles. The minimum absolute atomic E-state index is 0.144. The van der Waals surface area contributed by atoms with Crippen LogP contribution >= 0.6 is 34.5 Å². The summed E-state index contributed by atoms with van der Waals surface area (Å²) in [7, 11) is 0. The van der Waals surface area contributed by atoms with Crippen LogP contribution in [0.25, 0.3) is 0 Å². The minimum Gasteiger partial charge on any atom is -0.378 e. The lowest BCUT2D eigenvalue weighted by molar-refractivity contribution is -0.137. The lowest BCUT2D eigenvalue weighted by atomic mass is 10.1. The van der Waals surface area contributed by atoms with Gasteiger partial charge in [0.25, 0.3) is 0 Å². The Morgan fingerprint density at radius 3 is 2.40 bits per heavy atom. The first kappa shape index (κ1) is 15.5. The van der Waals surface area contributed by atoms with Gasteiger partial charge >= 0.3 is 6.18 Å². The number of nitrogens with one attached hydrogen (secondary N) is 1. The maximum absolute atomic E-state index is 12.8. The lowest BCUT2D eigenvalue weighted by Crippen LogP contribution is -2.09. The molecule has 1 N–H and O–H groups in total. The van der Waals surface area contributed by atoms with E-state index in [9.17, 15) is 13.2 Å². The summed E-state index contributed by atoms with van der Waals surface area (Å²) in [5.41, 5.74) is -0.487. The molecule has 2 aromatic rings. The molecule has 20 heavy (non-hydrogen) atoms. The third-order valence-corrected chi connectivity index (χ3v) is 4.42. The molecule has 0 aliphatic heterocycles. The van der Waals surface area contributed by atoms with E-state index in [2.05, 4.69) is 5.32 Å². The number of halogens is 5. The van der Waals surface area contributed by atoms with Gasteiger partial charge in [0.1, 0.15) is 0 Å². The van der Waals surface area contributed by atoms with Gasteiger partial charge in [-0.2, -0.15) is 13.2 Å². The zero-order chi connectivity index (χ0) is 14.9. The Morgan fingerprint density at radius 2 is 1.85 bits per heavy atom. The van der Waals surface area contributed by atoms with Crippen molar-refractivity contribution in [3.8, 4) is 0 Å². The van der Waals surface area contributed by atoms with Gasteiger partial charge in [-0.3, -0.25) is 0 Å². The molecule has 1 nitrogen and oxygen atoms in total. The van der Waals surface area contributed by atoms with Crippen LogP contribution in [0.5, 0.6) is 0 Å². The Hall–Kier alpha value is -0.910. The highest BCUT2D eigenvalue weighted by molar-refractivity contribution is 7.16. The number of alkyl halides is 3. The maximum atomic E-state index is 12.8. The molecule has 0 aliphatic carbocycles. The van der Waals surface area contributed by atoms with Crippen LogP contribution in [-0.2, 0) is 6.18 Å². The summed E-state index contributed by atoms with van der Waals surface area (Å²) < 4.78 is 38.9. The quantitative estimate of drug-likeness (QED) is 0.697.